The van der Waals surface area contributed by atoms with Crippen LogP contribution in [-0.4, -0.2) is 41.2 Å². The van der Waals surface area contributed by atoms with E-state index in [1.807, 2.05) is 6.07 Å². The number of piperazine rings is 1. The summed E-state index contributed by atoms with van der Waals surface area (Å²) in [6.07, 6.45) is 0. The molecule has 4 nitrogen and oxygen atoms in total. The summed E-state index contributed by atoms with van der Waals surface area (Å²) in [5.74, 6) is 0. The van der Waals surface area contributed by atoms with Crippen LogP contribution in [0.1, 0.15) is 11.1 Å². The van der Waals surface area contributed by atoms with Crippen LogP contribution in [0.2, 0.25) is 0 Å². The van der Waals surface area contributed by atoms with Crippen molar-refractivity contribution in [3.8, 4) is 11.3 Å². The second-order valence-electron chi connectivity index (χ2n) is 7.03. The Labute approximate surface area is 175 Å². The minimum absolute atomic E-state index is 0.803. The molecular weight excluding hydrogens is 384 g/mol. The Balaban J connectivity index is 1.36. The zero-order valence-electron chi connectivity index (χ0n) is 16.2. The van der Waals surface area contributed by atoms with E-state index in [9.17, 15) is 0 Å². The Hall–Kier alpha value is -2.44. The summed E-state index contributed by atoms with van der Waals surface area (Å²) in [5.41, 5.74) is 5.84. The second kappa shape index (κ2) is 8.29. The number of nitrogens with zero attached hydrogens (tertiary/aromatic N) is 3. The highest BCUT2D eigenvalue weighted by atomic mass is 32.1. The fourth-order valence-electron chi connectivity index (χ4n) is 3.33. The molecule has 1 aromatic heterocycles. The highest BCUT2D eigenvalue weighted by molar-refractivity contribution is 7.80. The molecule has 3 aromatic rings. The molecule has 2 heterocycles. The number of thiazole rings is 1. The summed E-state index contributed by atoms with van der Waals surface area (Å²) in [4.78, 5) is 9.45. The molecule has 1 aliphatic heterocycles. The third kappa shape index (κ3) is 4.03. The molecular formula is C22H24N4S2. The quantitative estimate of drug-likeness (QED) is 0.620. The van der Waals surface area contributed by atoms with Gasteiger partial charge < -0.3 is 15.1 Å². The molecule has 0 spiro atoms. The van der Waals surface area contributed by atoms with E-state index >= 15 is 0 Å². The van der Waals surface area contributed by atoms with Gasteiger partial charge in [-0.05, 0) is 43.3 Å². The van der Waals surface area contributed by atoms with Crippen LogP contribution in [0.5, 0.6) is 0 Å². The maximum absolute atomic E-state index is 5.67. The predicted octanol–water partition coefficient (Wildman–Crippen LogP) is 4.95. The first-order chi connectivity index (χ1) is 13.6. The monoisotopic (exact) mass is 408 g/mol. The average molecular weight is 409 g/mol. The molecule has 2 aromatic carbocycles. The molecule has 0 bridgehead atoms. The van der Waals surface area contributed by atoms with Gasteiger partial charge in [0.25, 0.3) is 0 Å². The van der Waals surface area contributed by atoms with Crippen LogP contribution in [-0.2, 0) is 0 Å². The standard InChI is InChI=1S/C22H24N4S2/c1-16-7-6-10-19(17(16)2)23-21(27)25-11-13-26(14-12-25)22-24-20(15-28-22)18-8-4-3-5-9-18/h3-10,15H,11-14H2,1-2H3,(H,23,27). The first-order valence-electron chi connectivity index (χ1n) is 9.50. The molecule has 28 heavy (non-hydrogen) atoms. The summed E-state index contributed by atoms with van der Waals surface area (Å²) in [7, 11) is 0. The van der Waals surface area contributed by atoms with Gasteiger partial charge in [-0.15, -0.1) is 11.3 Å². The van der Waals surface area contributed by atoms with Crippen molar-refractivity contribution in [2.24, 2.45) is 0 Å². The first kappa shape index (κ1) is 18.9. The molecule has 0 aliphatic carbocycles. The molecule has 4 rings (SSSR count). The average Bonchev–Trinajstić information content (AvgIpc) is 3.22. The van der Waals surface area contributed by atoms with Crippen LogP contribution in [0.4, 0.5) is 10.8 Å². The molecule has 0 saturated carbocycles. The Morgan fingerprint density at radius 2 is 1.75 bits per heavy atom. The normalized spacial score (nSPS) is 14.2. The third-order valence-corrected chi connectivity index (χ3v) is 6.51. The Morgan fingerprint density at radius 3 is 2.50 bits per heavy atom. The molecule has 1 aliphatic rings. The zero-order valence-corrected chi connectivity index (χ0v) is 17.8. The third-order valence-electron chi connectivity index (χ3n) is 5.25. The smallest absolute Gasteiger partial charge is 0.185 e. The molecule has 6 heteroatoms. The van der Waals surface area contributed by atoms with E-state index in [0.717, 1.165) is 47.8 Å². The molecule has 0 radical (unpaired) electrons. The van der Waals surface area contributed by atoms with Crippen molar-refractivity contribution in [1.82, 2.24) is 9.88 Å². The number of hydrogen-bond donors (Lipinski definition) is 1. The number of rotatable bonds is 3. The van der Waals surface area contributed by atoms with Gasteiger partial charge in [0, 0.05) is 42.8 Å². The van der Waals surface area contributed by atoms with Gasteiger partial charge in [-0.2, -0.15) is 0 Å². The van der Waals surface area contributed by atoms with Crippen molar-refractivity contribution in [1.29, 1.82) is 0 Å². The summed E-state index contributed by atoms with van der Waals surface area (Å²) < 4.78 is 0. The van der Waals surface area contributed by atoms with Gasteiger partial charge in [0.15, 0.2) is 10.2 Å². The number of hydrogen-bond acceptors (Lipinski definition) is 4. The van der Waals surface area contributed by atoms with E-state index in [4.69, 9.17) is 17.2 Å². The molecule has 1 saturated heterocycles. The van der Waals surface area contributed by atoms with E-state index in [0.29, 0.717) is 0 Å². The van der Waals surface area contributed by atoms with Crippen LogP contribution in [0.25, 0.3) is 11.3 Å². The largest absolute Gasteiger partial charge is 0.345 e. The fraction of sp³-hybridized carbons (Fsp3) is 0.273. The van der Waals surface area contributed by atoms with Crippen molar-refractivity contribution >= 4 is 39.5 Å². The molecule has 1 N–H and O–H groups in total. The van der Waals surface area contributed by atoms with Crippen LogP contribution < -0.4 is 10.2 Å². The van der Waals surface area contributed by atoms with Gasteiger partial charge in [-0.1, -0.05) is 42.5 Å². The second-order valence-corrected chi connectivity index (χ2v) is 8.26. The van der Waals surface area contributed by atoms with Crippen molar-refractivity contribution in [3.05, 3.63) is 65.0 Å². The highest BCUT2D eigenvalue weighted by Crippen LogP contribution is 2.28. The van der Waals surface area contributed by atoms with Gasteiger partial charge in [-0.3, -0.25) is 0 Å². The van der Waals surface area contributed by atoms with Crippen molar-refractivity contribution in [3.63, 3.8) is 0 Å². The number of anilines is 2. The van der Waals surface area contributed by atoms with Gasteiger partial charge in [0.2, 0.25) is 0 Å². The number of nitrogens with one attached hydrogen (secondary N) is 1. The highest BCUT2D eigenvalue weighted by Gasteiger charge is 2.21. The van der Waals surface area contributed by atoms with E-state index in [1.54, 1.807) is 11.3 Å². The number of benzene rings is 2. The van der Waals surface area contributed by atoms with Gasteiger partial charge in [0.1, 0.15) is 0 Å². The van der Waals surface area contributed by atoms with Gasteiger partial charge >= 0.3 is 0 Å². The SMILES string of the molecule is Cc1cccc(NC(=S)N2CCN(c3nc(-c4ccccc4)cs3)CC2)c1C. The lowest BCUT2D eigenvalue weighted by molar-refractivity contribution is 0.390. The Bertz CT molecular complexity index is 960. The zero-order chi connectivity index (χ0) is 19.5. The fourth-order valence-corrected chi connectivity index (χ4v) is 4.51. The Morgan fingerprint density at radius 1 is 1.00 bits per heavy atom. The minimum Gasteiger partial charge on any atom is -0.345 e. The van der Waals surface area contributed by atoms with Crippen LogP contribution in [0, 0.1) is 13.8 Å². The summed E-state index contributed by atoms with van der Waals surface area (Å²) in [6, 6.07) is 16.6. The molecule has 144 valence electrons. The van der Waals surface area contributed by atoms with Crippen molar-refractivity contribution < 1.29 is 0 Å². The Kier molecular flexibility index (Phi) is 5.59. The maximum Gasteiger partial charge on any atom is 0.185 e. The summed E-state index contributed by atoms with van der Waals surface area (Å²) in [6.45, 7) is 7.91. The van der Waals surface area contributed by atoms with Gasteiger partial charge in [-0.25, -0.2) is 4.98 Å². The lowest BCUT2D eigenvalue weighted by Crippen LogP contribution is -2.50. The molecule has 0 atom stereocenters. The first-order valence-corrected chi connectivity index (χ1v) is 10.8. The molecule has 1 fully saturated rings. The molecule has 0 amide bonds. The van der Waals surface area contributed by atoms with Crippen LogP contribution in [0.15, 0.2) is 53.9 Å². The van der Waals surface area contributed by atoms with Crippen molar-refractivity contribution in [2.75, 3.05) is 36.4 Å². The maximum atomic E-state index is 5.67. The number of aromatic nitrogens is 1. The van der Waals surface area contributed by atoms with E-state index in [-0.39, 0.29) is 0 Å². The van der Waals surface area contributed by atoms with E-state index < -0.39 is 0 Å². The number of aryl methyl sites for hydroxylation is 1. The summed E-state index contributed by atoms with van der Waals surface area (Å²) in [5, 5.41) is 7.46. The molecule has 0 unspecified atom stereocenters. The van der Waals surface area contributed by atoms with Crippen molar-refractivity contribution in [2.45, 2.75) is 13.8 Å². The predicted molar refractivity (Wildman–Crippen MR) is 123 cm³/mol. The minimum atomic E-state index is 0.803. The lowest BCUT2D eigenvalue weighted by atomic mass is 10.1. The van der Waals surface area contributed by atoms with Crippen LogP contribution in [0.3, 0.4) is 0 Å². The van der Waals surface area contributed by atoms with E-state index in [1.165, 1.54) is 16.7 Å². The summed E-state index contributed by atoms with van der Waals surface area (Å²) >= 11 is 7.38. The van der Waals surface area contributed by atoms with Gasteiger partial charge in [0.05, 0.1) is 5.69 Å². The van der Waals surface area contributed by atoms with Crippen LogP contribution >= 0.6 is 23.6 Å². The topological polar surface area (TPSA) is 31.4 Å². The number of thiocarbonyl (C=S) groups is 1. The lowest BCUT2D eigenvalue weighted by Gasteiger charge is -2.36. The van der Waals surface area contributed by atoms with E-state index in [2.05, 4.69) is 76.8 Å².